The zero-order valence-corrected chi connectivity index (χ0v) is 13.2. The van der Waals surface area contributed by atoms with E-state index in [1.807, 2.05) is 75.1 Å². The van der Waals surface area contributed by atoms with Crippen molar-refractivity contribution in [2.75, 3.05) is 0 Å². The SMILES string of the molecule is Cc1ccc(CN(Cc2ccccc2)C(=O)C(C)(C)C)o1. The van der Waals surface area contributed by atoms with Crippen LogP contribution in [-0.4, -0.2) is 10.8 Å². The van der Waals surface area contributed by atoms with Gasteiger partial charge in [-0.05, 0) is 24.6 Å². The van der Waals surface area contributed by atoms with Crippen molar-refractivity contribution in [3.63, 3.8) is 0 Å². The molecule has 0 saturated heterocycles. The molecule has 0 bridgehead atoms. The molecule has 21 heavy (non-hydrogen) atoms. The van der Waals surface area contributed by atoms with Crippen LogP contribution in [0.2, 0.25) is 0 Å². The normalized spacial score (nSPS) is 11.4. The molecule has 3 nitrogen and oxygen atoms in total. The van der Waals surface area contributed by atoms with Gasteiger partial charge in [0, 0.05) is 12.0 Å². The third-order valence-electron chi connectivity index (χ3n) is 3.29. The molecule has 1 aromatic carbocycles. The minimum Gasteiger partial charge on any atom is -0.464 e. The van der Waals surface area contributed by atoms with Gasteiger partial charge in [0.1, 0.15) is 11.5 Å². The molecule has 0 N–H and O–H groups in total. The second-order valence-electron chi connectivity index (χ2n) is 6.41. The molecule has 0 aliphatic carbocycles. The molecule has 0 fully saturated rings. The van der Waals surface area contributed by atoms with Gasteiger partial charge in [0.05, 0.1) is 6.54 Å². The van der Waals surface area contributed by atoms with Gasteiger partial charge in [-0.2, -0.15) is 0 Å². The number of nitrogens with zero attached hydrogens (tertiary/aromatic N) is 1. The highest BCUT2D eigenvalue weighted by molar-refractivity contribution is 5.81. The quantitative estimate of drug-likeness (QED) is 0.845. The summed E-state index contributed by atoms with van der Waals surface area (Å²) >= 11 is 0. The van der Waals surface area contributed by atoms with Gasteiger partial charge >= 0.3 is 0 Å². The Labute approximate surface area is 126 Å². The predicted octanol–water partition coefficient (Wildman–Crippen LogP) is 4.16. The van der Waals surface area contributed by atoms with Crippen molar-refractivity contribution in [1.82, 2.24) is 4.90 Å². The zero-order valence-electron chi connectivity index (χ0n) is 13.2. The maximum Gasteiger partial charge on any atom is 0.228 e. The first kappa shape index (κ1) is 15.4. The maximum absolute atomic E-state index is 12.7. The van der Waals surface area contributed by atoms with Crippen LogP contribution >= 0.6 is 0 Å². The molecule has 0 aliphatic rings. The molecule has 3 heteroatoms. The molecule has 1 aromatic heterocycles. The lowest BCUT2D eigenvalue weighted by molar-refractivity contribution is -0.141. The number of aryl methyl sites for hydroxylation is 1. The average molecular weight is 285 g/mol. The van der Waals surface area contributed by atoms with Gasteiger partial charge in [0.25, 0.3) is 0 Å². The van der Waals surface area contributed by atoms with Crippen LogP contribution in [0, 0.1) is 12.3 Å². The van der Waals surface area contributed by atoms with Gasteiger partial charge in [-0.25, -0.2) is 0 Å². The van der Waals surface area contributed by atoms with Gasteiger partial charge in [-0.3, -0.25) is 4.79 Å². The standard InChI is InChI=1S/C18H23NO2/c1-14-10-11-16(21-14)13-19(17(20)18(2,3)4)12-15-8-6-5-7-9-15/h5-11H,12-13H2,1-4H3. The number of carbonyl (C=O) groups excluding carboxylic acids is 1. The average Bonchev–Trinajstić information content (AvgIpc) is 2.83. The molecule has 1 heterocycles. The predicted molar refractivity (Wildman–Crippen MR) is 83.6 cm³/mol. The van der Waals surface area contributed by atoms with Crippen LogP contribution in [-0.2, 0) is 17.9 Å². The van der Waals surface area contributed by atoms with E-state index in [2.05, 4.69) is 0 Å². The molecule has 0 aliphatic heterocycles. The van der Waals surface area contributed by atoms with Crippen LogP contribution in [0.25, 0.3) is 0 Å². The maximum atomic E-state index is 12.7. The summed E-state index contributed by atoms with van der Waals surface area (Å²) in [6.07, 6.45) is 0. The number of furan rings is 1. The third-order valence-corrected chi connectivity index (χ3v) is 3.29. The Bertz CT molecular complexity index is 593. The van der Waals surface area contributed by atoms with E-state index in [1.54, 1.807) is 0 Å². The van der Waals surface area contributed by atoms with Gasteiger partial charge in [0.15, 0.2) is 0 Å². The second-order valence-corrected chi connectivity index (χ2v) is 6.41. The Morgan fingerprint density at radius 3 is 2.24 bits per heavy atom. The van der Waals surface area contributed by atoms with Crippen LogP contribution in [0.5, 0.6) is 0 Å². The number of hydrogen-bond acceptors (Lipinski definition) is 2. The molecule has 112 valence electrons. The molecule has 0 spiro atoms. The molecule has 2 aromatic rings. The summed E-state index contributed by atoms with van der Waals surface area (Å²) in [5.41, 5.74) is 0.717. The highest BCUT2D eigenvalue weighted by Crippen LogP contribution is 2.22. The molecular weight excluding hydrogens is 262 g/mol. The Kier molecular flexibility index (Phi) is 4.51. The van der Waals surface area contributed by atoms with Crippen LogP contribution in [0.1, 0.15) is 37.9 Å². The highest BCUT2D eigenvalue weighted by atomic mass is 16.3. The Balaban J connectivity index is 2.20. The summed E-state index contributed by atoms with van der Waals surface area (Å²) in [6.45, 7) is 8.84. The summed E-state index contributed by atoms with van der Waals surface area (Å²) in [5, 5.41) is 0. The van der Waals surface area contributed by atoms with Crippen molar-refractivity contribution in [3.05, 3.63) is 59.5 Å². The lowest BCUT2D eigenvalue weighted by Gasteiger charge is -2.29. The van der Waals surface area contributed by atoms with E-state index in [0.717, 1.165) is 17.1 Å². The van der Waals surface area contributed by atoms with E-state index in [4.69, 9.17) is 4.42 Å². The fraction of sp³-hybridized carbons (Fsp3) is 0.389. The highest BCUT2D eigenvalue weighted by Gasteiger charge is 2.28. The van der Waals surface area contributed by atoms with E-state index in [0.29, 0.717) is 13.1 Å². The van der Waals surface area contributed by atoms with E-state index >= 15 is 0 Å². The van der Waals surface area contributed by atoms with E-state index < -0.39 is 5.41 Å². The number of rotatable bonds is 4. The molecule has 1 amide bonds. The molecule has 2 rings (SSSR count). The summed E-state index contributed by atoms with van der Waals surface area (Å²) < 4.78 is 5.62. The summed E-state index contributed by atoms with van der Waals surface area (Å²) in [6, 6.07) is 13.9. The van der Waals surface area contributed by atoms with E-state index in [9.17, 15) is 4.79 Å². The number of benzene rings is 1. The van der Waals surface area contributed by atoms with Crippen LogP contribution in [0.4, 0.5) is 0 Å². The smallest absolute Gasteiger partial charge is 0.228 e. The Morgan fingerprint density at radius 1 is 1.05 bits per heavy atom. The zero-order chi connectivity index (χ0) is 15.5. The Hall–Kier alpha value is -2.03. The molecule has 0 atom stereocenters. The van der Waals surface area contributed by atoms with Crippen molar-refractivity contribution in [2.24, 2.45) is 5.41 Å². The van der Waals surface area contributed by atoms with Gasteiger partial charge in [-0.15, -0.1) is 0 Å². The number of amides is 1. The lowest BCUT2D eigenvalue weighted by atomic mass is 9.94. The topological polar surface area (TPSA) is 33.5 Å². The molecule has 0 radical (unpaired) electrons. The van der Waals surface area contributed by atoms with Crippen LogP contribution in [0.3, 0.4) is 0 Å². The summed E-state index contributed by atoms with van der Waals surface area (Å²) in [7, 11) is 0. The van der Waals surface area contributed by atoms with Crippen molar-refractivity contribution in [3.8, 4) is 0 Å². The van der Waals surface area contributed by atoms with Gasteiger partial charge in [0.2, 0.25) is 5.91 Å². The molecule has 0 unspecified atom stereocenters. The lowest BCUT2D eigenvalue weighted by Crippen LogP contribution is -2.38. The van der Waals surface area contributed by atoms with Crippen molar-refractivity contribution in [2.45, 2.75) is 40.8 Å². The molecular formula is C18H23NO2. The van der Waals surface area contributed by atoms with Crippen molar-refractivity contribution < 1.29 is 9.21 Å². The minimum atomic E-state index is -0.406. The fourth-order valence-corrected chi connectivity index (χ4v) is 2.24. The first-order valence-electron chi connectivity index (χ1n) is 7.25. The third kappa shape index (κ3) is 4.22. The van der Waals surface area contributed by atoms with E-state index in [1.165, 1.54) is 0 Å². The van der Waals surface area contributed by atoms with Crippen molar-refractivity contribution >= 4 is 5.91 Å². The first-order chi connectivity index (χ1) is 9.86. The van der Waals surface area contributed by atoms with Gasteiger partial charge < -0.3 is 9.32 Å². The minimum absolute atomic E-state index is 0.125. The second kappa shape index (κ2) is 6.17. The fourth-order valence-electron chi connectivity index (χ4n) is 2.24. The first-order valence-corrected chi connectivity index (χ1v) is 7.25. The van der Waals surface area contributed by atoms with Crippen molar-refractivity contribution in [1.29, 1.82) is 0 Å². The van der Waals surface area contributed by atoms with Crippen LogP contribution in [0.15, 0.2) is 46.9 Å². The van der Waals surface area contributed by atoms with E-state index in [-0.39, 0.29) is 5.91 Å². The summed E-state index contributed by atoms with van der Waals surface area (Å²) in [5.74, 6) is 1.81. The molecule has 0 saturated carbocycles. The van der Waals surface area contributed by atoms with Gasteiger partial charge in [-0.1, -0.05) is 51.1 Å². The Morgan fingerprint density at radius 2 is 1.71 bits per heavy atom. The monoisotopic (exact) mass is 285 g/mol. The van der Waals surface area contributed by atoms with Crippen LogP contribution < -0.4 is 0 Å². The largest absolute Gasteiger partial charge is 0.464 e. The summed E-state index contributed by atoms with van der Waals surface area (Å²) in [4.78, 5) is 14.5. The number of hydrogen-bond donors (Lipinski definition) is 0. The number of carbonyl (C=O) groups is 1.